The number of benzene rings is 2. The van der Waals surface area contributed by atoms with Crippen LogP contribution < -0.4 is 44.1 Å². The number of unbranched alkanes of at least 4 members (excludes halogenated alkanes) is 1. The molecule has 5 nitrogen and oxygen atoms in total. The maximum absolute atomic E-state index is 11.0. The third-order valence-electron chi connectivity index (χ3n) is 5.37. The summed E-state index contributed by atoms with van der Waals surface area (Å²) in [5.41, 5.74) is 5.08. The number of methoxy groups -OCH3 is 1. The minimum Gasteiger partial charge on any atom is -0.545 e. The number of carboxylic acids is 1. The number of nitrogens with zero attached hydrogens (tertiary/aromatic N) is 1. The Bertz CT molecular complexity index is 1110. The van der Waals surface area contributed by atoms with Crippen molar-refractivity contribution in [2.75, 3.05) is 13.7 Å². The van der Waals surface area contributed by atoms with Crippen molar-refractivity contribution in [2.45, 2.75) is 43.8 Å². The average Bonchev–Trinajstić information content (AvgIpc) is 2.83. The molecule has 0 fully saturated rings. The van der Waals surface area contributed by atoms with Gasteiger partial charge in [-0.05, 0) is 86.2 Å². The molecule has 0 aliphatic heterocycles. The Hall–Kier alpha value is -2.25. The van der Waals surface area contributed by atoms with Crippen molar-refractivity contribution in [1.82, 2.24) is 4.98 Å². The number of pyridine rings is 1. The van der Waals surface area contributed by atoms with E-state index in [1.807, 2.05) is 24.3 Å². The summed E-state index contributed by atoms with van der Waals surface area (Å²) in [5.74, 6) is 0.845. The van der Waals surface area contributed by atoms with Gasteiger partial charge in [-0.25, -0.2) is 4.98 Å². The third kappa shape index (κ3) is 9.37. The number of thioether (sulfide) groups is 1. The van der Waals surface area contributed by atoms with Gasteiger partial charge in [-0.15, -0.1) is 11.8 Å². The first-order chi connectivity index (χ1) is 16.5. The summed E-state index contributed by atoms with van der Waals surface area (Å²) in [6, 6.07) is 18.1. The molecular formula is C28H30NNaO4S. The molecule has 0 aliphatic carbocycles. The molecule has 0 unspecified atom stereocenters. The van der Waals surface area contributed by atoms with E-state index >= 15 is 0 Å². The van der Waals surface area contributed by atoms with Gasteiger partial charge in [0, 0.05) is 10.6 Å². The molecule has 0 N–H and O–H groups in total. The second-order valence-corrected chi connectivity index (χ2v) is 8.99. The van der Waals surface area contributed by atoms with Crippen molar-refractivity contribution in [3.8, 4) is 11.5 Å². The Labute approximate surface area is 234 Å². The fourth-order valence-corrected chi connectivity index (χ4v) is 4.60. The number of aliphatic carboxylic acids is 1. The summed E-state index contributed by atoms with van der Waals surface area (Å²) in [6.45, 7) is 4.73. The number of ether oxygens (including phenoxy) is 2. The van der Waals surface area contributed by atoms with Crippen LogP contribution in [0.25, 0.3) is 6.08 Å². The molecule has 0 bridgehead atoms. The van der Waals surface area contributed by atoms with Crippen molar-refractivity contribution >= 4 is 23.8 Å². The van der Waals surface area contributed by atoms with Crippen molar-refractivity contribution < 1.29 is 48.9 Å². The minimum atomic E-state index is -1.26. The van der Waals surface area contributed by atoms with E-state index in [9.17, 15) is 9.90 Å². The molecule has 3 aromatic rings. The first-order valence-corrected chi connectivity index (χ1v) is 12.3. The summed E-state index contributed by atoms with van der Waals surface area (Å²) >= 11 is 1.73. The maximum atomic E-state index is 11.0. The van der Waals surface area contributed by atoms with Crippen LogP contribution in [0.2, 0.25) is 0 Å². The van der Waals surface area contributed by atoms with Crippen LogP contribution in [0.4, 0.5) is 0 Å². The SMILES string of the molecule is COc1ccc(CCCCOc2ccc(CSc3c(C)cccc3C)nc2C=CC(=O)[O-])cc1.[Na+]. The largest absolute Gasteiger partial charge is 1.00 e. The summed E-state index contributed by atoms with van der Waals surface area (Å²) in [4.78, 5) is 16.8. The van der Waals surface area contributed by atoms with Gasteiger partial charge in [0.25, 0.3) is 0 Å². The number of hydrogen-bond donors (Lipinski definition) is 0. The number of aromatic nitrogens is 1. The van der Waals surface area contributed by atoms with Crippen LogP contribution in [-0.4, -0.2) is 24.7 Å². The van der Waals surface area contributed by atoms with Crippen LogP contribution in [0.1, 0.15) is 40.9 Å². The first-order valence-electron chi connectivity index (χ1n) is 11.3. The maximum Gasteiger partial charge on any atom is 1.00 e. The van der Waals surface area contributed by atoms with Gasteiger partial charge in [0.05, 0.1) is 25.4 Å². The van der Waals surface area contributed by atoms with E-state index in [2.05, 4.69) is 49.2 Å². The van der Waals surface area contributed by atoms with E-state index < -0.39 is 5.97 Å². The molecule has 0 aliphatic rings. The smallest absolute Gasteiger partial charge is 0.545 e. The fraction of sp³-hybridized carbons (Fsp3) is 0.286. The molecule has 0 amide bonds. The van der Waals surface area contributed by atoms with Crippen molar-refractivity contribution in [3.05, 3.63) is 88.8 Å². The van der Waals surface area contributed by atoms with Crippen molar-refractivity contribution in [2.24, 2.45) is 0 Å². The summed E-state index contributed by atoms with van der Waals surface area (Å²) in [5, 5.41) is 11.0. The van der Waals surface area contributed by atoms with Crippen LogP contribution in [0, 0.1) is 13.8 Å². The van der Waals surface area contributed by atoms with E-state index in [0.717, 1.165) is 36.8 Å². The molecule has 1 heterocycles. The van der Waals surface area contributed by atoms with Crippen LogP contribution in [-0.2, 0) is 17.0 Å². The Kier molecular flexibility index (Phi) is 12.4. The van der Waals surface area contributed by atoms with Crippen molar-refractivity contribution in [1.29, 1.82) is 0 Å². The number of carboxylic acid groups (broad SMARTS) is 1. The zero-order valence-electron chi connectivity index (χ0n) is 20.9. The number of carbonyl (C=O) groups is 1. The monoisotopic (exact) mass is 499 g/mol. The third-order valence-corrected chi connectivity index (χ3v) is 6.74. The normalized spacial score (nSPS) is 10.7. The minimum absolute atomic E-state index is 0. The second kappa shape index (κ2) is 15.0. The molecule has 3 rings (SSSR count). The molecule has 0 radical (unpaired) electrons. The quantitative estimate of drug-likeness (QED) is 0.165. The van der Waals surface area contributed by atoms with E-state index in [4.69, 9.17) is 9.47 Å². The molecule has 0 spiro atoms. The molecule has 1 aromatic heterocycles. The predicted octanol–water partition coefficient (Wildman–Crippen LogP) is 2.17. The van der Waals surface area contributed by atoms with E-state index in [-0.39, 0.29) is 29.6 Å². The number of aryl methyl sites for hydroxylation is 3. The second-order valence-electron chi connectivity index (χ2n) is 8.00. The summed E-state index contributed by atoms with van der Waals surface area (Å²) in [7, 11) is 1.66. The van der Waals surface area contributed by atoms with Crippen LogP contribution >= 0.6 is 11.8 Å². The van der Waals surface area contributed by atoms with Crippen molar-refractivity contribution in [3.63, 3.8) is 0 Å². The van der Waals surface area contributed by atoms with E-state index in [1.165, 1.54) is 27.7 Å². The Balaban J connectivity index is 0.00000432. The average molecular weight is 500 g/mol. The van der Waals surface area contributed by atoms with Crippen LogP contribution in [0.5, 0.6) is 11.5 Å². The van der Waals surface area contributed by atoms with Gasteiger partial charge in [-0.1, -0.05) is 30.3 Å². The summed E-state index contributed by atoms with van der Waals surface area (Å²) < 4.78 is 11.1. The molecule has 35 heavy (non-hydrogen) atoms. The Morgan fingerprint density at radius 2 is 1.74 bits per heavy atom. The van der Waals surface area contributed by atoms with Gasteiger partial charge in [-0.3, -0.25) is 0 Å². The van der Waals surface area contributed by atoms with Gasteiger partial charge >= 0.3 is 29.6 Å². The van der Waals surface area contributed by atoms with Gasteiger partial charge < -0.3 is 19.4 Å². The molecule has 2 aromatic carbocycles. The van der Waals surface area contributed by atoms with Gasteiger partial charge in [-0.2, -0.15) is 0 Å². The topological polar surface area (TPSA) is 71.5 Å². The zero-order chi connectivity index (χ0) is 24.3. The predicted molar refractivity (Wildman–Crippen MR) is 135 cm³/mol. The molecule has 7 heteroatoms. The van der Waals surface area contributed by atoms with E-state index in [1.54, 1.807) is 18.9 Å². The van der Waals surface area contributed by atoms with Crippen LogP contribution in [0.3, 0.4) is 0 Å². The molecular weight excluding hydrogens is 469 g/mol. The van der Waals surface area contributed by atoms with Crippen LogP contribution in [0.15, 0.2) is 65.6 Å². The zero-order valence-corrected chi connectivity index (χ0v) is 23.7. The number of hydrogen-bond acceptors (Lipinski definition) is 6. The number of carbonyl (C=O) groups excluding carboxylic acids is 1. The standard InChI is InChI=1S/C28H31NO4S.Na/c1-20-7-6-8-21(2)28(20)34-19-23-12-16-26(25(29-23)15-17-27(30)31)33-18-5-4-9-22-10-13-24(32-3)14-11-22;/h6-8,10-17H,4-5,9,18-19H2,1-3H3,(H,30,31);/q;+1/p-1. The number of rotatable bonds is 12. The molecule has 0 saturated heterocycles. The fourth-order valence-electron chi connectivity index (χ4n) is 3.55. The van der Waals surface area contributed by atoms with Gasteiger partial charge in [0.15, 0.2) is 0 Å². The molecule has 0 saturated carbocycles. The van der Waals surface area contributed by atoms with Gasteiger partial charge in [0.1, 0.15) is 17.2 Å². The van der Waals surface area contributed by atoms with E-state index in [0.29, 0.717) is 23.8 Å². The molecule has 178 valence electrons. The summed E-state index contributed by atoms with van der Waals surface area (Å²) in [6.07, 6.45) is 5.24. The Morgan fingerprint density at radius 3 is 2.40 bits per heavy atom. The van der Waals surface area contributed by atoms with Gasteiger partial charge in [0.2, 0.25) is 0 Å². The Morgan fingerprint density at radius 1 is 1.03 bits per heavy atom. The molecule has 0 atom stereocenters. The first kappa shape index (κ1) is 29.0.